The first-order chi connectivity index (χ1) is 9.06. The molecule has 0 amide bonds. The number of ether oxygens (including phenoxy) is 1. The van der Waals surface area contributed by atoms with Crippen molar-refractivity contribution in [2.24, 2.45) is 0 Å². The van der Waals surface area contributed by atoms with Gasteiger partial charge in [-0.3, -0.25) is 4.79 Å². The van der Waals surface area contributed by atoms with Crippen LogP contribution in [0.15, 0.2) is 48.5 Å². The summed E-state index contributed by atoms with van der Waals surface area (Å²) in [7, 11) is 0. The van der Waals surface area contributed by atoms with Gasteiger partial charge in [-0.2, -0.15) is 0 Å². The van der Waals surface area contributed by atoms with Crippen molar-refractivity contribution in [2.45, 2.75) is 20.0 Å². The fourth-order valence-electron chi connectivity index (χ4n) is 1.72. The van der Waals surface area contributed by atoms with Crippen molar-refractivity contribution in [3.05, 3.63) is 64.7 Å². The summed E-state index contributed by atoms with van der Waals surface area (Å²) in [5.41, 5.74) is 1.79. The van der Waals surface area contributed by atoms with E-state index in [4.69, 9.17) is 16.3 Å². The molecule has 3 heteroatoms. The Morgan fingerprint density at radius 1 is 1.05 bits per heavy atom. The van der Waals surface area contributed by atoms with Gasteiger partial charge in [-0.1, -0.05) is 41.4 Å². The monoisotopic (exact) mass is 274 g/mol. The number of Topliss-reactive ketones (excluding diaryl/α,β-unsaturated/α-hetero) is 1. The Hall–Kier alpha value is -1.80. The molecular formula is C16H15ClO2. The predicted octanol–water partition coefficient (Wildman–Crippen LogP) is 4.30. The SMILES string of the molecule is Cc1ccc(C(=O)C(C)Oc2ccc(Cl)cc2)cc1. The van der Waals surface area contributed by atoms with E-state index in [0.29, 0.717) is 16.3 Å². The highest BCUT2D eigenvalue weighted by Gasteiger charge is 2.16. The summed E-state index contributed by atoms with van der Waals surface area (Å²) >= 11 is 5.80. The second-order valence-electron chi connectivity index (χ2n) is 4.44. The molecule has 0 spiro atoms. The van der Waals surface area contributed by atoms with Crippen molar-refractivity contribution < 1.29 is 9.53 Å². The van der Waals surface area contributed by atoms with Crippen molar-refractivity contribution in [2.75, 3.05) is 0 Å². The molecule has 0 saturated heterocycles. The zero-order valence-corrected chi connectivity index (χ0v) is 11.6. The van der Waals surface area contributed by atoms with E-state index in [9.17, 15) is 4.79 Å². The number of hydrogen-bond donors (Lipinski definition) is 0. The fraction of sp³-hybridized carbons (Fsp3) is 0.188. The second-order valence-corrected chi connectivity index (χ2v) is 4.88. The standard InChI is InChI=1S/C16H15ClO2/c1-11-3-5-13(6-4-11)16(18)12(2)19-15-9-7-14(17)8-10-15/h3-10,12H,1-2H3. The highest BCUT2D eigenvalue weighted by atomic mass is 35.5. The van der Waals surface area contributed by atoms with Crippen LogP contribution in [-0.4, -0.2) is 11.9 Å². The second kappa shape index (κ2) is 5.89. The van der Waals surface area contributed by atoms with Crippen LogP contribution in [0.2, 0.25) is 5.02 Å². The van der Waals surface area contributed by atoms with E-state index in [2.05, 4.69) is 0 Å². The molecule has 1 atom stereocenters. The molecule has 0 bridgehead atoms. The molecule has 0 N–H and O–H groups in total. The molecule has 2 aromatic carbocycles. The summed E-state index contributed by atoms with van der Waals surface area (Å²) < 4.78 is 5.61. The van der Waals surface area contributed by atoms with Crippen molar-refractivity contribution >= 4 is 17.4 Å². The lowest BCUT2D eigenvalue weighted by atomic mass is 10.1. The number of carbonyl (C=O) groups excluding carboxylic acids is 1. The lowest BCUT2D eigenvalue weighted by Gasteiger charge is -2.13. The van der Waals surface area contributed by atoms with Gasteiger partial charge < -0.3 is 4.74 Å². The third-order valence-electron chi connectivity index (χ3n) is 2.83. The Morgan fingerprint density at radius 3 is 2.21 bits per heavy atom. The van der Waals surface area contributed by atoms with Crippen LogP contribution in [-0.2, 0) is 0 Å². The van der Waals surface area contributed by atoms with E-state index in [1.165, 1.54) is 0 Å². The molecule has 2 aromatic rings. The summed E-state index contributed by atoms with van der Waals surface area (Å²) in [4.78, 5) is 12.2. The molecule has 98 valence electrons. The Bertz CT molecular complexity index is 558. The van der Waals surface area contributed by atoms with Gasteiger partial charge in [0.2, 0.25) is 5.78 Å². The number of aryl methyl sites for hydroxylation is 1. The lowest BCUT2D eigenvalue weighted by molar-refractivity contribution is 0.0818. The van der Waals surface area contributed by atoms with Gasteiger partial charge >= 0.3 is 0 Å². The lowest BCUT2D eigenvalue weighted by Crippen LogP contribution is -2.23. The minimum absolute atomic E-state index is 0.0325. The fourth-order valence-corrected chi connectivity index (χ4v) is 1.85. The largest absolute Gasteiger partial charge is 0.483 e. The minimum Gasteiger partial charge on any atom is -0.483 e. The Labute approximate surface area is 118 Å². The molecule has 0 aromatic heterocycles. The number of halogens is 1. The smallest absolute Gasteiger partial charge is 0.202 e. The molecular weight excluding hydrogens is 260 g/mol. The first kappa shape index (κ1) is 13.6. The number of benzene rings is 2. The first-order valence-corrected chi connectivity index (χ1v) is 6.47. The van der Waals surface area contributed by atoms with Gasteiger partial charge in [0.25, 0.3) is 0 Å². The van der Waals surface area contributed by atoms with E-state index in [-0.39, 0.29) is 5.78 Å². The molecule has 0 heterocycles. The Kier molecular flexibility index (Phi) is 4.23. The number of carbonyl (C=O) groups is 1. The normalized spacial score (nSPS) is 11.9. The van der Waals surface area contributed by atoms with Gasteiger partial charge in [0, 0.05) is 10.6 Å². The molecule has 0 fully saturated rings. The van der Waals surface area contributed by atoms with Crippen molar-refractivity contribution in [3.8, 4) is 5.75 Å². The summed E-state index contributed by atoms with van der Waals surface area (Å²) in [6, 6.07) is 14.5. The molecule has 2 rings (SSSR count). The summed E-state index contributed by atoms with van der Waals surface area (Å²) in [6.45, 7) is 3.73. The summed E-state index contributed by atoms with van der Waals surface area (Å²) in [5, 5.41) is 0.643. The maximum absolute atomic E-state index is 12.2. The molecule has 0 saturated carbocycles. The number of rotatable bonds is 4. The number of hydrogen-bond acceptors (Lipinski definition) is 2. The molecule has 19 heavy (non-hydrogen) atoms. The van der Waals surface area contributed by atoms with Crippen LogP contribution in [0, 0.1) is 6.92 Å². The Balaban J connectivity index is 2.07. The van der Waals surface area contributed by atoms with Crippen molar-refractivity contribution in [1.82, 2.24) is 0 Å². The molecule has 1 unspecified atom stereocenters. The van der Waals surface area contributed by atoms with Crippen LogP contribution in [0.25, 0.3) is 0 Å². The van der Waals surface area contributed by atoms with Crippen LogP contribution >= 0.6 is 11.6 Å². The summed E-state index contributed by atoms with van der Waals surface area (Å²) in [6.07, 6.45) is -0.524. The molecule has 0 radical (unpaired) electrons. The zero-order chi connectivity index (χ0) is 13.8. The van der Waals surface area contributed by atoms with Crippen LogP contribution < -0.4 is 4.74 Å². The highest BCUT2D eigenvalue weighted by Crippen LogP contribution is 2.18. The maximum atomic E-state index is 12.2. The van der Waals surface area contributed by atoms with E-state index >= 15 is 0 Å². The van der Waals surface area contributed by atoms with Gasteiger partial charge in [-0.05, 0) is 38.1 Å². The average Bonchev–Trinajstić information content (AvgIpc) is 2.41. The quantitative estimate of drug-likeness (QED) is 0.777. The minimum atomic E-state index is -0.524. The predicted molar refractivity (Wildman–Crippen MR) is 77.1 cm³/mol. The van der Waals surface area contributed by atoms with Crippen LogP contribution in [0.1, 0.15) is 22.8 Å². The van der Waals surface area contributed by atoms with E-state index < -0.39 is 6.10 Å². The highest BCUT2D eigenvalue weighted by molar-refractivity contribution is 6.30. The third-order valence-corrected chi connectivity index (χ3v) is 3.08. The molecule has 2 nitrogen and oxygen atoms in total. The first-order valence-electron chi connectivity index (χ1n) is 6.09. The van der Waals surface area contributed by atoms with Gasteiger partial charge in [0.1, 0.15) is 5.75 Å². The van der Waals surface area contributed by atoms with Gasteiger partial charge in [0.05, 0.1) is 0 Å². The topological polar surface area (TPSA) is 26.3 Å². The van der Waals surface area contributed by atoms with E-state index in [0.717, 1.165) is 5.56 Å². The van der Waals surface area contributed by atoms with E-state index in [1.54, 1.807) is 31.2 Å². The molecule has 0 aliphatic rings. The zero-order valence-electron chi connectivity index (χ0n) is 10.9. The molecule has 0 aliphatic heterocycles. The van der Waals surface area contributed by atoms with Gasteiger partial charge in [-0.15, -0.1) is 0 Å². The van der Waals surface area contributed by atoms with Crippen molar-refractivity contribution in [3.63, 3.8) is 0 Å². The number of ketones is 1. The van der Waals surface area contributed by atoms with Crippen molar-refractivity contribution in [1.29, 1.82) is 0 Å². The Morgan fingerprint density at radius 2 is 1.63 bits per heavy atom. The average molecular weight is 275 g/mol. The van der Waals surface area contributed by atoms with Gasteiger partial charge in [0.15, 0.2) is 6.10 Å². The van der Waals surface area contributed by atoms with Gasteiger partial charge in [-0.25, -0.2) is 0 Å². The third kappa shape index (κ3) is 3.58. The summed E-state index contributed by atoms with van der Waals surface area (Å²) in [5.74, 6) is 0.604. The van der Waals surface area contributed by atoms with Crippen LogP contribution in [0.3, 0.4) is 0 Å². The molecule has 0 aliphatic carbocycles. The van der Waals surface area contributed by atoms with Crippen LogP contribution in [0.5, 0.6) is 5.75 Å². The van der Waals surface area contributed by atoms with Crippen LogP contribution in [0.4, 0.5) is 0 Å². The maximum Gasteiger partial charge on any atom is 0.202 e. The van der Waals surface area contributed by atoms with E-state index in [1.807, 2.05) is 31.2 Å².